The third-order valence-corrected chi connectivity index (χ3v) is 6.61. The number of nitrogens with zero attached hydrogens (tertiary/aromatic N) is 3. The fourth-order valence-electron chi connectivity index (χ4n) is 5.02. The molecule has 0 radical (unpaired) electrons. The number of ether oxygens (including phenoxy) is 1. The predicted molar refractivity (Wildman–Crippen MR) is 129 cm³/mol. The molecule has 2 aromatic heterocycles. The van der Waals surface area contributed by atoms with Gasteiger partial charge < -0.3 is 20.1 Å². The predicted octanol–water partition coefficient (Wildman–Crippen LogP) is 3.88. The van der Waals surface area contributed by atoms with E-state index in [1.165, 1.54) is 0 Å². The van der Waals surface area contributed by atoms with Crippen LogP contribution in [0.5, 0.6) is 5.75 Å². The molecule has 190 valence electrons. The second-order valence-corrected chi connectivity index (χ2v) is 8.63. The van der Waals surface area contributed by atoms with Crippen molar-refractivity contribution < 1.29 is 27.8 Å². The highest BCUT2D eigenvalue weighted by molar-refractivity contribution is 5.85. The lowest BCUT2D eigenvalue weighted by Crippen LogP contribution is -2.38. The number of carbonyl (C=O) groups is 1. The summed E-state index contributed by atoms with van der Waals surface area (Å²) in [7, 11) is 1.86. The fourth-order valence-corrected chi connectivity index (χ4v) is 5.02. The van der Waals surface area contributed by atoms with Gasteiger partial charge in [0.05, 0.1) is 17.3 Å². The van der Waals surface area contributed by atoms with Gasteiger partial charge in [-0.15, -0.1) is 12.4 Å². The average Bonchev–Trinajstić information content (AvgIpc) is 3.25. The Hall–Kier alpha value is -3.57. The molecule has 1 fully saturated rings. The molecule has 0 bridgehead atoms. The van der Waals surface area contributed by atoms with Crippen LogP contribution in [0, 0.1) is 29.3 Å². The van der Waals surface area contributed by atoms with E-state index in [2.05, 4.69) is 27.2 Å². The first-order chi connectivity index (χ1) is 16.8. The molecule has 12 heteroatoms. The van der Waals surface area contributed by atoms with Crippen molar-refractivity contribution in [2.45, 2.75) is 12.5 Å². The number of hydrogen-bond donors (Lipinski definition) is 2. The van der Waals surface area contributed by atoms with Gasteiger partial charge in [0, 0.05) is 31.1 Å². The first kappa shape index (κ1) is 25.5. The van der Waals surface area contributed by atoms with Crippen molar-refractivity contribution in [3.05, 3.63) is 70.3 Å². The van der Waals surface area contributed by atoms with Crippen LogP contribution in [0.15, 0.2) is 47.4 Å². The zero-order valence-electron chi connectivity index (χ0n) is 19.0. The Kier molecular flexibility index (Phi) is 6.96. The number of anilines is 1. The summed E-state index contributed by atoms with van der Waals surface area (Å²) in [5.41, 5.74) is -1.26. The lowest BCUT2D eigenvalue weighted by atomic mass is 9.82. The van der Waals surface area contributed by atoms with E-state index in [4.69, 9.17) is 5.11 Å². The van der Waals surface area contributed by atoms with E-state index in [9.17, 15) is 18.4 Å². The number of fused-ring (bicyclic) bond motifs is 2. The third kappa shape index (κ3) is 4.40. The van der Waals surface area contributed by atoms with Crippen LogP contribution < -0.4 is 20.4 Å². The SMILES string of the molecule is CNC1C=CCC2CN(c3nc4c(cc3F)c(=O)c(OC(=O)O)cn4-c3ccc(F)cc3F)CC21.Cl. The summed E-state index contributed by atoms with van der Waals surface area (Å²) in [6, 6.07) is 3.82. The molecule has 1 aliphatic heterocycles. The summed E-state index contributed by atoms with van der Waals surface area (Å²) in [4.78, 5) is 30.1. The molecule has 36 heavy (non-hydrogen) atoms. The van der Waals surface area contributed by atoms with E-state index in [0.717, 1.165) is 35.4 Å². The molecule has 1 saturated heterocycles. The zero-order valence-corrected chi connectivity index (χ0v) is 19.8. The van der Waals surface area contributed by atoms with Crippen LogP contribution >= 0.6 is 12.4 Å². The maximum absolute atomic E-state index is 15.3. The molecular weight excluding hydrogens is 501 g/mol. The summed E-state index contributed by atoms with van der Waals surface area (Å²) in [6.45, 7) is 1.06. The van der Waals surface area contributed by atoms with E-state index >= 15 is 4.39 Å². The summed E-state index contributed by atoms with van der Waals surface area (Å²) in [6.07, 6.45) is 4.21. The molecule has 0 saturated carbocycles. The minimum Gasteiger partial charge on any atom is -0.449 e. The smallest absolute Gasteiger partial charge is 0.449 e. The van der Waals surface area contributed by atoms with Gasteiger partial charge in [-0.3, -0.25) is 9.36 Å². The Morgan fingerprint density at radius 2 is 1.97 bits per heavy atom. The standard InChI is InChI=1S/C24H21F3N4O4.ClH/c1-28-18-4-2-3-12-9-30(10-15(12)18)23-17(27)8-14-21(32)20(35-24(33)34)11-31(22(14)29-23)19-6-5-13(25)7-16(19)26;/h2,4-8,11-12,15,18,28H,3,9-10H2,1H3,(H,33,34);1H. The first-order valence-electron chi connectivity index (χ1n) is 11.0. The number of likely N-dealkylation sites (N-methyl/N-ethyl adjacent to an activating group) is 1. The van der Waals surface area contributed by atoms with Gasteiger partial charge in [-0.1, -0.05) is 12.2 Å². The summed E-state index contributed by atoms with van der Waals surface area (Å²) < 4.78 is 49.2. The van der Waals surface area contributed by atoms with Crippen LogP contribution in [-0.2, 0) is 0 Å². The van der Waals surface area contributed by atoms with Gasteiger partial charge in [0.1, 0.15) is 11.6 Å². The topological polar surface area (TPSA) is 96.7 Å². The van der Waals surface area contributed by atoms with Crippen molar-refractivity contribution in [2.75, 3.05) is 25.0 Å². The van der Waals surface area contributed by atoms with Gasteiger partial charge in [-0.25, -0.2) is 22.9 Å². The normalized spacial score (nSPS) is 20.8. The molecule has 0 spiro atoms. The van der Waals surface area contributed by atoms with Crippen LogP contribution in [0.2, 0.25) is 0 Å². The Morgan fingerprint density at radius 1 is 1.19 bits per heavy atom. The van der Waals surface area contributed by atoms with Gasteiger partial charge in [0.25, 0.3) is 0 Å². The van der Waals surface area contributed by atoms with Crippen molar-refractivity contribution >= 4 is 35.4 Å². The Morgan fingerprint density at radius 3 is 2.67 bits per heavy atom. The van der Waals surface area contributed by atoms with Gasteiger partial charge >= 0.3 is 6.16 Å². The highest BCUT2D eigenvalue weighted by Crippen LogP contribution is 2.36. The summed E-state index contributed by atoms with van der Waals surface area (Å²) in [5, 5.41) is 12.0. The molecule has 3 unspecified atom stereocenters. The van der Waals surface area contributed by atoms with Gasteiger partial charge in [-0.05, 0) is 37.6 Å². The van der Waals surface area contributed by atoms with Crippen LogP contribution in [0.4, 0.5) is 23.8 Å². The van der Waals surface area contributed by atoms with Crippen LogP contribution in [0.3, 0.4) is 0 Å². The fraction of sp³-hybridized carbons (Fsp3) is 0.292. The second kappa shape index (κ2) is 9.82. The molecule has 3 atom stereocenters. The molecular formula is C24H22ClF3N4O4. The van der Waals surface area contributed by atoms with E-state index in [1.54, 1.807) is 4.90 Å². The Balaban J connectivity index is 0.00000304. The maximum atomic E-state index is 15.3. The molecule has 8 nitrogen and oxygen atoms in total. The van der Waals surface area contributed by atoms with E-state index in [-0.39, 0.29) is 52.8 Å². The Labute approximate surface area is 209 Å². The molecule has 0 amide bonds. The zero-order chi connectivity index (χ0) is 24.9. The van der Waals surface area contributed by atoms with E-state index < -0.39 is 34.8 Å². The van der Waals surface area contributed by atoms with Crippen LogP contribution in [0.1, 0.15) is 6.42 Å². The molecule has 3 aromatic rings. The van der Waals surface area contributed by atoms with Gasteiger partial charge in [0.2, 0.25) is 5.43 Å². The van der Waals surface area contributed by atoms with Crippen molar-refractivity contribution in [1.29, 1.82) is 0 Å². The van der Waals surface area contributed by atoms with Crippen molar-refractivity contribution in [1.82, 2.24) is 14.9 Å². The number of benzene rings is 1. The monoisotopic (exact) mass is 522 g/mol. The number of rotatable bonds is 4. The number of nitrogens with one attached hydrogen (secondary N) is 1. The average molecular weight is 523 g/mol. The molecule has 2 N–H and O–H groups in total. The highest BCUT2D eigenvalue weighted by Gasteiger charge is 2.39. The molecule has 3 heterocycles. The van der Waals surface area contributed by atoms with Gasteiger partial charge in [-0.2, -0.15) is 0 Å². The second-order valence-electron chi connectivity index (χ2n) is 8.63. The molecule has 1 aromatic carbocycles. The van der Waals surface area contributed by atoms with E-state index in [1.807, 2.05) is 7.05 Å². The number of carboxylic acid groups (broad SMARTS) is 1. The number of hydrogen-bond acceptors (Lipinski definition) is 6. The minimum absolute atomic E-state index is 0. The largest absolute Gasteiger partial charge is 0.511 e. The lowest BCUT2D eigenvalue weighted by Gasteiger charge is -2.28. The first-order valence-corrected chi connectivity index (χ1v) is 11.0. The van der Waals surface area contributed by atoms with Crippen LogP contribution in [-0.4, -0.2) is 47.0 Å². The summed E-state index contributed by atoms with van der Waals surface area (Å²) in [5.74, 6) is -2.77. The summed E-state index contributed by atoms with van der Waals surface area (Å²) >= 11 is 0. The van der Waals surface area contributed by atoms with Crippen molar-refractivity contribution in [3.8, 4) is 11.4 Å². The Bertz CT molecular complexity index is 1430. The quantitative estimate of drug-likeness (QED) is 0.396. The maximum Gasteiger partial charge on any atom is 0.511 e. The van der Waals surface area contributed by atoms with Crippen molar-refractivity contribution in [2.24, 2.45) is 11.8 Å². The van der Waals surface area contributed by atoms with Crippen LogP contribution in [0.25, 0.3) is 16.7 Å². The number of halogens is 4. The number of pyridine rings is 2. The minimum atomic E-state index is -1.77. The lowest BCUT2D eigenvalue weighted by molar-refractivity contribution is 0.144. The van der Waals surface area contributed by atoms with E-state index in [0.29, 0.717) is 19.2 Å². The van der Waals surface area contributed by atoms with Crippen molar-refractivity contribution in [3.63, 3.8) is 0 Å². The van der Waals surface area contributed by atoms with Gasteiger partial charge in [0.15, 0.2) is 23.0 Å². The molecule has 2 aliphatic rings. The number of aromatic nitrogens is 2. The number of allylic oxidation sites excluding steroid dienone is 1. The third-order valence-electron chi connectivity index (χ3n) is 6.61. The molecule has 1 aliphatic carbocycles. The highest BCUT2D eigenvalue weighted by atomic mass is 35.5. The molecule has 5 rings (SSSR count).